The van der Waals surface area contributed by atoms with Crippen LogP contribution in [0.5, 0.6) is 5.75 Å². The van der Waals surface area contributed by atoms with E-state index in [-0.39, 0.29) is 0 Å². The number of ether oxygens (including phenoxy) is 1. The normalized spacial score (nSPS) is 15.5. The van der Waals surface area contributed by atoms with Crippen LogP contribution in [0.2, 0.25) is 0 Å². The molecule has 0 bridgehead atoms. The SMILES string of the molecule is CCOc1ccccc1CN1CCC(Cn2c(C)cnc2-c2cccnc2)CC1. The molecule has 0 aliphatic carbocycles. The van der Waals surface area contributed by atoms with Crippen molar-refractivity contribution in [2.24, 2.45) is 5.92 Å². The Morgan fingerprint density at radius 1 is 1.07 bits per heavy atom. The molecule has 5 heteroatoms. The molecule has 3 aromatic rings. The maximum absolute atomic E-state index is 5.80. The van der Waals surface area contributed by atoms with E-state index in [0.717, 1.165) is 43.3 Å². The molecule has 1 aliphatic rings. The van der Waals surface area contributed by atoms with E-state index in [1.807, 2.05) is 37.6 Å². The number of likely N-dealkylation sites (tertiary alicyclic amines) is 1. The first kappa shape index (κ1) is 19.6. The Kier molecular flexibility index (Phi) is 6.25. The Morgan fingerprint density at radius 3 is 2.66 bits per heavy atom. The van der Waals surface area contributed by atoms with Crippen LogP contribution in [0, 0.1) is 12.8 Å². The fraction of sp³-hybridized carbons (Fsp3) is 0.417. The highest BCUT2D eigenvalue weighted by atomic mass is 16.5. The molecule has 0 radical (unpaired) electrons. The zero-order valence-electron chi connectivity index (χ0n) is 17.4. The van der Waals surface area contributed by atoms with Crippen molar-refractivity contribution in [1.82, 2.24) is 19.4 Å². The summed E-state index contributed by atoms with van der Waals surface area (Å²) in [6.07, 6.45) is 8.10. The van der Waals surface area contributed by atoms with Crippen LogP contribution in [-0.4, -0.2) is 39.1 Å². The highest BCUT2D eigenvalue weighted by Crippen LogP contribution is 2.27. The second-order valence-electron chi connectivity index (χ2n) is 7.84. The maximum Gasteiger partial charge on any atom is 0.141 e. The Bertz CT molecular complexity index is 914. The summed E-state index contributed by atoms with van der Waals surface area (Å²) in [5.41, 5.74) is 3.60. The second kappa shape index (κ2) is 9.23. The number of imidazole rings is 1. The summed E-state index contributed by atoms with van der Waals surface area (Å²) in [5, 5.41) is 0. The van der Waals surface area contributed by atoms with Gasteiger partial charge < -0.3 is 9.30 Å². The van der Waals surface area contributed by atoms with Crippen LogP contribution < -0.4 is 4.74 Å². The fourth-order valence-electron chi connectivity index (χ4n) is 4.17. The molecule has 29 heavy (non-hydrogen) atoms. The van der Waals surface area contributed by atoms with Gasteiger partial charge in [-0.1, -0.05) is 18.2 Å². The van der Waals surface area contributed by atoms with Crippen LogP contribution in [0.25, 0.3) is 11.4 Å². The van der Waals surface area contributed by atoms with Crippen molar-refractivity contribution in [3.8, 4) is 17.1 Å². The lowest BCUT2D eigenvalue weighted by Crippen LogP contribution is -2.34. The van der Waals surface area contributed by atoms with E-state index in [1.165, 1.54) is 24.1 Å². The van der Waals surface area contributed by atoms with Crippen molar-refractivity contribution in [2.45, 2.75) is 39.8 Å². The largest absolute Gasteiger partial charge is 0.494 e. The van der Waals surface area contributed by atoms with E-state index < -0.39 is 0 Å². The first-order chi connectivity index (χ1) is 14.2. The minimum absolute atomic E-state index is 0.678. The third-order valence-corrected chi connectivity index (χ3v) is 5.79. The number of benzene rings is 1. The zero-order chi connectivity index (χ0) is 20.1. The van der Waals surface area contributed by atoms with Crippen LogP contribution in [0.3, 0.4) is 0 Å². The lowest BCUT2D eigenvalue weighted by atomic mass is 9.96. The molecular formula is C24H30N4O. The van der Waals surface area contributed by atoms with Gasteiger partial charge in [0.25, 0.3) is 0 Å². The van der Waals surface area contributed by atoms with E-state index in [9.17, 15) is 0 Å². The molecule has 1 saturated heterocycles. The number of hydrogen-bond donors (Lipinski definition) is 0. The number of aromatic nitrogens is 3. The van der Waals surface area contributed by atoms with Crippen LogP contribution >= 0.6 is 0 Å². The smallest absolute Gasteiger partial charge is 0.141 e. The van der Waals surface area contributed by atoms with E-state index in [2.05, 4.69) is 50.6 Å². The third kappa shape index (κ3) is 4.67. The molecule has 1 aromatic carbocycles. The summed E-state index contributed by atoms with van der Waals surface area (Å²) < 4.78 is 8.16. The predicted octanol–water partition coefficient (Wildman–Crippen LogP) is 4.56. The topological polar surface area (TPSA) is 43.2 Å². The summed E-state index contributed by atoms with van der Waals surface area (Å²) in [6, 6.07) is 12.5. The summed E-state index contributed by atoms with van der Waals surface area (Å²) in [4.78, 5) is 11.5. The molecule has 152 valence electrons. The number of hydrogen-bond acceptors (Lipinski definition) is 4. The number of rotatable bonds is 7. The van der Waals surface area contributed by atoms with Gasteiger partial charge in [-0.25, -0.2) is 4.98 Å². The molecule has 1 fully saturated rings. The summed E-state index contributed by atoms with van der Waals surface area (Å²) in [5.74, 6) is 2.73. The van der Waals surface area contributed by atoms with Gasteiger partial charge in [0, 0.05) is 48.5 Å². The highest BCUT2D eigenvalue weighted by molar-refractivity contribution is 5.54. The van der Waals surface area contributed by atoms with Gasteiger partial charge in [-0.05, 0) is 63.9 Å². The molecule has 1 aliphatic heterocycles. The number of nitrogens with zero attached hydrogens (tertiary/aromatic N) is 4. The Hall–Kier alpha value is -2.66. The van der Waals surface area contributed by atoms with Crippen molar-refractivity contribution in [1.29, 1.82) is 0 Å². The van der Waals surface area contributed by atoms with E-state index in [4.69, 9.17) is 4.74 Å². The van der Waals surface area contributed by atoms with Crippen LogP contribution in [-0.2, 0) is 13.1 Å². The van der Waals surface area contributed by atoms with Gasteiger partial charge in [0.15, 0.2) is 0 Å². The molecule has 2 aromatic heterocycles. The minimum Gasteiger partial charge on any atom is -0.494 e. The third-order valence-electron chi connectivity index (χ3n) is 5.79. The molecular weight excluding hydrogens is 360 g/mol. The van der Waals surface area contributed by atoms with E-state index >= 15 is 0 Å². The molecule has 0 spiro atoms. The quantitative estimate of drug-likeness (QED) is 0.593. The molecule has 0 unspecified atom stereocenters. The van der Waals surface area contributed by atoms with Gasteiger partial charge in [0.2, 0.25) is 0 Å². The van der Waals surface area contributed by atoms with Crippen LogP contribution in [0.4, 0.5) is 0 Å². The Morgan fingerprint density at radius 2 is 1.90 bits per heavy atom. The van der Waals surface area contributed by atoms with Gasteiger partial charge in [-0.3, -0.25) is 9.88 Å². The molecule has 0 N–H and O–H groups in total. The van der Waals surface area contributed by atoms with Gasteiger partial charge in [-0.2, -0.15) is 0 Å². The first-order valence-corrected chi connectivity index (χ1v) is 10.6. The van der Waals surface area contributed by atoms with Crippen molar-refractivity contribution in [3.05, 3.63) is 66.2 Å². The van der Waals surface area contributed by atoms with Crippen molar-refractivity contribution in [3.63, 3.8) is 0 Å². The Balaban J connectivity index is 1.37. The number of aryl methyl sites for hydroxylation is 1. The lowest BCUT2D eigenvalue weighted by Gasteiger charge is -2.33. The Labute approximate surface area is 173 Å². The average molecular weight is 391 g/mol. The van der Waals surface area contributed by atoms with Gasteiger partial charge in [0.1, 0.15) is 11.6 Å². The summed E-state index contributed by atoms with van der Waals surface area (Å²) >= 11 is 0. The molecule has 0 saturated carbocycles. The van der Waals surface area contributed by atoms with Gasteiger partial charge >= 0.3 is 0 Å². The van der Waals surface area contributed by atoms with Gasteiger partial charge in [-0.15, -0.1) is 0 Å². The molecule has 5 nitrogen and oxygen atoms in total. The fourth-order valence-corrected chi connectivity index (χ4v) is 4.17. The van der Waals surface area contributed by atoms with Crippen molar-refractivity contribution < 1.29 is 4.74 Å². The molecule has 3 heterocycles. The van der Waals surface area contributed by atoms with Crippen molar-refractivity contribution >= 4 is 0 Å². The predicted molar refractivity (Wildman–Crippen MR) is 116 cm³/mol. The summed E-state index contributed by atoms with van der Waals surface area (Å²) in [7, 11) is 0. The number of pyridine rings is 1. The summed E-state index contributed by atoms with van der Waals surface area (Å²) in [6.45, 7) is 9.14. The average Bonchev–Trinajstić information content (AvgIpc) is 3.12. The van der Waals surface area contributed by atoms with E-state index in [1.54, 1.807) is 0 Å². The lowest BCUT2D eigenvalue weighted by molar-refractivity contribution is 0.165. The van der Waals surface area contributed by atoms with E-state index in [0.29, 0.717) is 12.5 Å². The molecule has 0 amide bonds. The monoisotopic (exact) mass is 390 g/mol. The molecule has 0 atom stereocenters. The second-order valence-corrected chi connectivity index (χ2v) is 7.84. The number of piperidine rings is 1. The number of para-hydroxylation sites is 1. The maximum atomic E-state index is 5.80. The molecule has 4 rings (SSSR count). The zero-order valence-corrected chi connectivity index (χ0v) is 17.4. The van der Waals surface area contributed by atoms with Crippen LogP contribution in [0.15, 0.2) is 55.0 Å². The van der Waals surface area contributed by atoms with Gasteiger partial charge in [0.05, 0.1) is 6.61 Å². The minimum atomic E-state index is 0.678. The standard InChI is InChI=1S/C24H30N4O/c1-3-29-23-9-5-4-7-22(23)18-27-13-10-20(11-14-27)17-28-19(2)15-26-24(28)21-8-6-12-25-16-21/h4-9,12,15-16,20H,3,10-11,13-14,17-18H2,1-2H3. The highest BCUT2D eigenvalue weighted by Gasteiger charge is 2.22. The first-order valence-electron chi connectivity index (χ1n) is 10.6. The van der Waals surface area contributed by atoms with Crippen LogP contribution in [0.1, 0.15) is 31.0 Å². The van der Waals surface area contributed by atoms with Crippen molar-refractivity contribution in [2.75, 3.05) is 19.7 Å².